The molecule has 0 aliphatic carbocycles. The summed E-state index contributed by atoms with van der Waals surface area (Å²) < 4.78 is 5.29. The Morgan fingerprint density at radius 3 is 2.36 bits per heavy atom. The number of ether oxygens (including phenoxy) is 1. The average Bonchev–Trinajstić information content (AvgIpc) is 2.92. The van der Waals surface area contributed by atoms with E-state index in [1.54, 1.807) is 24.3 Å². The molecule has 0 saturated carbocycles. The molecule has 3 rings (SSSR count). The molecule has 0 amide bonds. The number of aliphatic imine (C=N–C) groups is 1. The molecule has 0 fully saturated rings. The molecule has 1 aliphatic rings. The van der Waals surface area contributed by atoms with E-state index in [0.29, 0.717) is 15.6 Å². The van der Waals surface area contributed by atoms with Crippen LogP contribution in [0, 0.1) is 0 Å². The second kappa shape index (κ2) is 6.66. The van der Waals surface area contributed by atoms with Crippen molar-refractivity contribution in [3.8, 4) is 0 Å². The molecule has 5 heteroatoms. The van der Waals surface area contributed by atoms with Gasteiger partial charge in [0.05, 0.1) is 10.0 Å². The maximum absolute atomic E-state index is 12.1. The van der Waals surface area contributed by atoms with Crippen LogP contribution < -0.4 is 0 Å². The van der Waals surface area contributed by atoms with E-state index in [-0.39, 0.29) is 17.0 Å². The predicted octanol–water partition coefficient (Wildman–Crippen LogP) is 5.64. The molecular weight excluding hydrogens is 357 g/mol. The SMILES string of the molecule is CC(C)(C)c1ccc(C2=NC(=Cc3cccc(Cl)c3Cl)C(=O)O2)cc1. The van der Waals surface area contributed by atoms with Crippen LogP contribution in [0.3, 0.4) is 0 Å². The lowest BCUT2D eigenvalue weighted by Crippen LogP contribution is -2.11. The summed E-state index contributed by atoms with van der Waals surface area (Å²) >= 11 is 12.2. The summed E-state index contributed by atoms with van der Waals surface area (Å²) in [4.78, 5) is 16.4. The zero-order valence-corrected chi connectivity index (χ0v) is 15.7. The van der Waals surface area contributed by atoms with E-state index >= 15 is 0 Å². The first-order chi connectivity index (χ1) is 11.8. The van der Waals surface area contributed by atoms with Gasteiger partial charge in [-0.3, -0.25) is 0 Å². The number of carbonyl (C=O) groups is 1. The fourth-order valence-electron chi connectivity index (χ4n) is 2.42. The van der Waals surface area contributed by atoms with Crippen molar-refractivity contribution in [3.05, 3.63) is 74.9 Å². The van der Waals surface area contributed by atoms with E-state index in [1.165, 1.54) is 5.56 Å². The lowest BCUT2D eigenvalue weighted by Gasteiger charge is -2.18. The molecule has 0 N–H and O–H groups in total. The van der Waals surface area contributed by atoms with Gasteiger partial charge in [0.1, 0.15) is 0 Å². The number of nitrogens with zero attached hydrogens (tertiary/aromatic N) is 1. The lowest BCUT2D eigenvalue weighted by molar-refractivity contribution is -0.129. The molecule has 2 aromatic carbocycles. The van der Waals surface area contributed by atoms with Gasteiger partial charge in [-0.2, -0.15) is 0 Å². The quantitative estimate of drug-likeness (QED) is 0.504. The molecule has 0 aromatic heterocycles. The van der Waals surface area contributed by atoms with Crippen molar-refractivity contribution < 1.29 is 9.53 Å². The number of rotatable bonds is 2. The Balaban J connectivity index is 1.92. The summed E-state index contributed by atoms with van der Waals surface area (Å²) in [6.07, 6.45) is 1.58. The van der Waals surface area contributed by atoms with Crippen LogP contribution >= 0.6 is 23.2 Å². The minimum absolute atomic E-state index is 0.0566. The van der Waals surface area contributed by atoms with Crippen molar-refractivity contribution in [2.45, 2.75) is 26.2 Å². The van der Waals surface area contributed by atoms with Gasteiger partial charge in [0.2, 0.25) is 5.90 Å². The molecule has 128 valence electrons. The number of benzene rings is 2. The smallest absolute Gasteiger partial charge is 0.363 e. The summed E-state index contributed by atoms with van der Waals surface area (Å²) in [6, 6.07) is 13.0. The molecule has 1 aliphatic heterocycles. The third kappa shape index (κ3) is 3.78. The maximum atomic E-state index is 12.1. The number of hydrogen-bond acceptors (Lipinski definition) is 3. The molecule has 2 aromatic rings. The first kappa shape index (κ1) is 17.7. The summed E-state index contributed by atoms with van der Waals surface area (Å²) in [5.74, 6) is -0.221. The zero-order chi connectivity index (χ0) is 18.2. The van der Waals surface area contributed by atoms with E-state index in [1.807, 2.05) is 24.3 Å². The molecule has 0 unspecified atom stereocenters. The minimum atomic E-state index is -0.508. The minimum Gasteiger partial charge on any atom is -0.402 e. The van der Waals surface area contributed by atoms with Crippen molar-refractivity contribution in [1.82, 2.24) is 0 Å². The molecule has 0 radical (unpaired) electrons. The predicted molar refractivity (Wildman–Crippen MR) is 102 cm³/mol. The topological polar surface area (TPSA) is 38.7 Å². The van der Waals surface area contributed by atoms with Gasteiger partial charge in [-0.15, -0.1) is 0 Å². The second-order valence-electron chi connectivity index (χ2n) is 6.81. The largest absolute Gasteiger partial charge is 0.402 e. The van der Waals surface area contributed by atoms with Crippen molar-refractivity contribution in [3.63, 3.8) is 0 Å². The van der Waals surface area contributed by atoms with E-state index in [2.05, 4.69) is 25.8 Å². The summed E-state index contributed by atoms with van der Waals surface area (Å²) in [5, 5.41) is 0.798. The number of esters is 1. The first-order valence-electron chi connectivity index (χ1n) is 7.83. The van der Waals surface area contributed by atoms with Gasteiger partial charge in [0.15, 0.2) is 5.70 Å². The van der Waals surface area contributed by atoms with E-state index in [9.17, 15) is 4.79 Å². The molecule has 0 atom stereocenters. The molecular formula is C20H17Cl2NO2. The van der Waals surface area contributed by atoms with Gasteiger partial charge in [-0.1, -0.05) is 68.2 Å². The van der Waals surface area contributed by atoms with Gasteiger partial charge < -0.3 is 4.74 Å². The number of hydrogen-bond donors (Lipinski definition) is 0. The standard InChI is InChI=1S/C20H17Cl2NO2/c1-20(2,3)14-9-7-12(8-10-14)18-23-16(19(24)25-18)11-13-5-4-6-15(21)17(13)22/h4-11H,1-3H3. The highest BCUT2D eigenvalue weighted by molar-refractivity contribution is 6.43. The van der Waals surface area contributed by atoms with Crippen LogP contribution in [0.25, 0.3) is 6.08 Å². The molecule has 0 bridgehead atoms. The van der Waals surface area contributed by atoms with E-state index < -0.39 is 5.97 Å². The second-order valence-corrected chi connectivity index (χ2v) is 7.59. The van der Waals surface area contributed by atoms with Gasteiger partial charge in [0.25, 0.3) is 0 Å². The summed E-state index contributed by atoms with van der Waals surface area (Å²) in [6.45, 7) is 6.43. The van der Waals surface area contributed by atoms with Gasteiger partial charge in [-0.25, -0.2) is 9.79 Å². The van der Waals surface area contributed by atoms with Crippen molar-refractivity contribution >= 4 is 41.1 Å². The highest BCUT2D eigenvalue weighted by atomic mass is 35.5. The highest BCUT2D eigenvalue weighted by Gasteiger charge is 2.25. The molecule has 0 spiro atoms. The Morgan fingerprint density at radius 1 is 1.04 bits per heavy atom. The lowest BCUT2D eigenvalue weighted by atomic mass is 9.87. The van der Waals surface area contributed by atoms with Crippen LogP contribution in [-0.2, 0) is 14.9 Å². The van der Waals surface area contributed by atoms with Crippen LogP contribution in [0.2, 0.25) is 10.0 Å². The van der Waals surface area contributed by atoms with Crippen molar-refractivity contribution in [2.24, 2.45) is 4.99 Å². The maximum Gasteiger partial charge on any atom is 0.363 e. The Bertz CT molecular complexity index is 891. The zero-order valence-electron chi connectivity index (χ0n) is 14.1. The average molecular weight is 374 g/mol. The van der Waals surface area contributed by atoms with E-state index in [0.717, 1.165) is 5.56 Å². The van der Waals surface area contributed by atoms with Gasteiger partial charge in [0, 0.05) is 5.56 Å². The normalized spacial score (nSPS) is 16.1. The molecule has 3 nitrogen and oxygen atoms in total. The Labute approximate surface area is 156 Å². The Morgan fingerprint density at radius 2 is 1.72 bits per heavy atom. The third-order valence-electron chi connectivity index (χ3n) is 3.89. The highest BCUT2D eigenvalue weighted by Crippen LogP contribution is 2.29. The van der Waals surface area contributed by atoms with Crippen LogP contribution in [0.5, 0.6) is 0 Å². The molecule has 0 saturated heterocycles. The molecule has 25 heavy (non-hydrogen) atoms. The van der Waals surface area contributed by atoms with E-state index in [4.69, 9.17) is 27.9 Å². The summed E-state index contributed by atoms with van der Waals surface area (Å²) in [7, 11) is 0. The van der Waals surface area contributed by atoms with Crippen LogP contribution in [0.15, 0.2) is 53.2 Å². The van der Waals surface area contributed by atoms with Crippen LogP contribution in [-0.4, -0.2) is 11.9 Å². The third-order valence-corrected chi connectivity index (χ3v) is 4.73. The van der Waals surface area contributed by atoms with Crippen LogP contribution in [0.1, 0.15) is 37.5 Å². The first-order valence-corrected chi connectivity index (χ1v) is 8.59. The van der Waals surface area contributed by atoms with Gasteiger partial charge in [-0.05, 0) is 40.8 Å². The van der Waals surface area contributed by atoms with Crippen molar-refractivity contribution in [1.29, 1.82) is 0 Å². The van der Waals surface area contributed by atoms with Crippen LogP contribution in [0.4, 0.5) is 0 Å². The fraction of sp³-hybridized carbons (Fsp3) is 0.200. The number of halogens is 2. The Kier molecular flexibility index (Phi) is 4.72. The fourth-order valence-corrected chi connectivity index (χ4v) is 2.79. The number of cyclic esters (lactones) is 1. The monoisotopic (exact) mass is 373 g/mol. The molecule has 1 heterocycles. The van der Waals surface area contributed by atoms with Gasteiger partial charge >= 0.3 is 5.97 Å². The summed E-state index contributed by atoms with van der Waals surface area (Å²) in [5.41, 5.74) is 2.82. The Hall–Kier alpha value is -2.10. The number of carbonyl (C=O) groups excluding carboxylic acids is 1. The van der Waals surface area contributed by atoms with Crippen molar-refractivity contribution in [2.75, 3.05) is 0 Å².